The predicted molar refractivity (Wildman–Crippen MR) is 113 cm³/mol. The molecule has 144 valence electrons. The summed E-state index contributed by atoms with van der Waals surface area (Å²) in [5.41, 5.74) is 2.30. The minimum Gasteiger partial charge on any atom is -0.502 e. The SMILES string of the molecule is C[N+]1(C)c2ccccc2C(C2CCCCC2)(C2CCCCC2)O[B-]1(Cl)Cl. The van der Waals surface area contributed by atoms with E-state index in [-0.39, 0.29) is 5.60 Å². The Balaban J connectivity index is 1.91. The number of fused-ring (bicyclic) bond motifs is 1. The minimum atomic E-state index is -2.04. The Labute approximate surface area is 168 Å². The smallest absolute Gasteiger partial charge is 0.502 e. The van der Waals surface area contributed by atoms with Crippen molar-refractivity contribution in [2.45, 2.75) is 69.8 Å². The molecule has 0 unspecified atom stereocenters. The monoisotopic (exact) mass is 395 g/mol. The van der Waals surface area contributed by atoms with E-state index in [9.17, 15) is 0 Å². The first-order valence-electron chi connectivity index (χ1n) is 10.5. The van der Waals surface area contributed by atoms with Crippen LogP contribution in [-0.2, 0) is 10.3 Å². The quantitative estimate of drug-likeness (QED) is 0.515. The van der Waals surface area contributed by atoms with Crippen LogP contribution in [0, 0.1) is 11.8 Å². The zero-order valence-corrected chi connectivity index (χ0v) is 17.7. The van der Waals surface area contributed by atoms with Crippen molar-refractivity contribution in [2.24, 2.45) is 11.8 Å². The fourth-order valence-corrected chi connectivity index (χ4v) is 6.43. The van der Waals surface area contributed by atoms with Crippen molar-refractivity contribution >= 4 is 33.9 Å². The molecule has 0 radical (unpaired) electrons. The Morgan fingerprint density at radius 1 is 0.885 bits per heavy atom. The van der Waals surface area contributed by atoms with Gasteiger partial charge in [0, 0.05) is 19.7 Å². The molecule has 2 saturated carbocycles. The van der Waals surface area contributed by atoms with E-state index in [1.807, 2.05) is 0 Å². The van der Waals surface area contributed by atoms with Crippen LogP contribution >= 0.6 is 22.9 Å². The van der Waals surface area contributed by atoms with Gasteiger partial charge in [-0.15, -0.1) is 0 Å². The van der Waals surface area contributed by atoms with Gasteiger partial charge in [-0.05, 0) is 43.6 Å². The lowest BCUT2D eigenvalue weighted by Crippen LogP contribution is -2.69. The summed E-state index contributed by atoms with van der Waals surface area (Å²) in [6.45, 7) is 0. The van der Waals surface area contributed by atoms with Crippen molar-refractivity contribution in [2.75, 3.05) is 14.1 Å². The van der Waals surface area contributed by atoms with Gasteiger partial charge >= 0.3 is 5.31 Å². The van der Waals surface area contributed by atoms with Crippen LogP contribution in [-0.4, -0.2) is 19.4 Å². The van der Waals surface area contributed by atoms with Crippen LogP contribution in [0.25, 0.3) is 0 Å². The summed E-state index contributed by atoms with van der Waals surface area (Å²) >= 11 is 14.0. The Morgan fingerprint density at radius 2 is 1.38 bits per heavy atom. The highest BCUT2D eigenvalue weighted by atomic mass is 35.5. The minimum absolute atomic E-state index is 0.311. The summed E-state index contributed by atoms with van der Waals surface area (Å²) in [7, 11) is 4.18. The van der Waals surface area contributed by atoms with E-state index in [2.05, 4.69) is 38.4 Å². The molecule has 0 atom stereocenters. The Hall–Kier alpha value is -0.215. The fourth-order valence-electron chi connectivity index (χ4n) is 5.93. The first-order chi connectivity index (χ1) is 12.4. The fraction of sp³-hybridized carbons (Fsp3) is 0.714. The Bertz CT molecular complexity index is 633. The molecular formula is C21H32BCl2NO. The zero-order chi connectivity index (χ0) is 18.4. The maximum atomic E-state index is 6.99. The second-order valence-corrected chi connectivity index (χ2v) is 10.6. The van der Waals surface area contributed by atoms with Crippen LogP contribution in [0.5, 0.6) is 0 Å². The molecule has 0 aromatic heterocycles. The maximum absolute atomic E-state index is 6.99. The van der Waals surface area contributed by atoms with Crippen molar-refractivity contribution in [1.29, 1.82) is 0 Å². The topological polar surface area (TPSA) is 9.23 Å². The molecule has 2 aliphatic carbocycles. The van der Waals surface area contributed by atoms with Gasteiger partial charge in [0.2, 0.25) is 0 Å². The molecule has 2 nitrogen and oxygen atoms in total. The summed E-state index contributed by atoms with van der Waals surface area (Å²) in [5, 5.41) is -2.04. The van der Waals surface area contributed by atoms with Gasteiger partial charge in [-0.1, -0.05) is 56.7 Å². The lowest BCUT2D eigenvalue weighted by Gasteiger charge is -2.63. The van der Waals surface area contributed by atoms with Gasteiger partial charge in [0.1, 0.15) is 0 Å². The summed E-state index contributed by atoms with van der Waals surface area (Å²) in [4.78, 5) is 0. The van der Waals surface area contributed by atoms with Crippen molar-refractivity contribution in [3.05, 3.63) is 29.8 Å². The molecule has 0 spiro atoms. The van der Waals surface area contributed by atoms with E-state index >= 15 is 0 Å². The van der Waals surface area contributed by atoms with Crippen LogP contribution in [0.4, 0.5) is 5.69 Å². The largest absolute Gasteiger partial charge is 0.517 e. The average molecular weight is 396 g/mol. The van der Waals surface area contributed by atoms with Crippen LogP contribution in [0.2, 0.25) is 0 Å². The van der Waals surface area contributed by atoms with Gasteiger partial charge in [-0.25, -0.2) is 0 Å². The highest BCUT2D eigenvalue weighted by Gasteiger charge is 2.59. The number of nitrogens with zero attached hydrogens (tertiary/aromatic N) is 1. The lowest BCUT2D eigenvalue weighted by molar-refractivity contribution is -0.0898. The van der Waals surface area contributed by atoms with Gasteiger partial charge in [-0.3, -0.25) is 22.9 Å². The third-order valence-electron chi connectivity index (χ3n) is 7.46. The molecule has 1 aromatic rings. The number of benzene rings is 1. The van der Waals surface area contributed by atoms with Gasteiger partial charge in [0.25, 0.3) is 0 Å². The standard InChI is InChI=1S/C21H32BCl2NO/c1-25(2)20-16-10-9-15-19(20)21(26-22(25,23)24,17-11-5-3-6-12-17)18-13-7-4-8-14-18/h9-10,15-18H,3-8,11-14H2,1-2H3. The highest BCUT2D eigenvalue weighted by molar-refractivity contribution is 7.42. The number of para-hydroxylation sites is 1. The van der Waals surface area contributed by atoms with Crippen LogP contribution in [0.1, 0.15) is 69.8 Å². The highest BCUT2D eigenvalue weighted by Crippen LogP contribution is 2.59. The second kappa shape index (κ2) is 6.99. The number of hydrogen-bond donors (Lipinski definition) is 0. The summed E-state index contributed by atoms with van der Waals surface area (Å²) in [6, 6.07) is 8.82. The van der Waals surface area contributed by atoms with Crippen molar-refractivity contribution < 1.29 is 4.65 Å². The summed E-state index contributed by atoms with van der Waals surface area (Å²) < 4.78 is 7.35. The molecule has 0 N–H and O–H groups in total. The van der Waals surface area contributed by atoms with E-state index in [1.165, 1.54) is 75.5 Å². The van der Waals surface area contributed by atoms with E-state index in [4.69, 9.17) is 27.6 Å². The van der Waals surface area contributed by atoms with Gasteiger partial charge < -0.3 is 9.05 Å². The first-order valence-corrected chi connectivity index (χ1v) is 11.4. The number of quaternary nitrogens is 1. The van der Waals surface area contributed by atoms with Crippen LogP contribution in [0.15, 0.2) is 24.3 Å². The van der Waals surface area contributed by atoms with E-state index in [1.54, 1.807) is 0 Å². The normalized spacial score (nSPS) is 28.5. The molecule has 26 heavy (non-hydrogen) atoms. The first kappa shape index (κ1) is 19.1. The van der Waals surface area contributed by atoms with Gasteiger partial charge in [0.15, 0.2) is 0 Å². The Kier molecular flexibility index (Phi) is 5.14. The molecular weight excluding hydrogens is 364 g/mol. The number of halogens is 2. The average Bonchev–Trinajstić information content (AvgIpc) is 2.67. The molecule has 1 heterocycles. The molecule has 0 saturated heterocycles. The van der Waals surface area contributed by atoms with Crippen molar-refractivity contribution in [3.8, 4) is 0 Å². The molecule has 3 aliphatic rings. The Morgan fingerprint density at radius 3 is 1.92 bits per heavy atom. The van der Waals surface area contributed by atoms with Crippen LogP contribution < -0.4 is 4.39 Å². The zero-order valence-electron chi connectivity index (χ0n) is 16.2. The molecule has 0 amide bonds. The third-order valence-corrected chi connectivity index (χ3v) is 8.61. The molecule has 5 heteroatoms. The van der Waals surface area contributed by atoms with Gasteiger partial charge in [-0.2, -0.15) is 0 Å². The summed E-state index contributed by atoms with van der Waals surface area (Å²) in [6.07, 6.45) is 12.8. The molecule has 2 fully saturated rings. The predicted octanol–water partition coefficient (Wildman–Crippen LogP) is 6.55. The number of hydrogen-bond acceptors (Lipinski definition) is 1. The lowest BCUT2D eigenvalue weighted by atomic mass is 9.61. The second-order valence-electron chi connectivity index (χ2n) is 9.20. The maximum Gasteiger partial charge on any atom is 0.517 e. The van der Waals surface area contributed by atoms with E-state index < -0.39 is 5.31 Å². The molecule has 1 aliphatic heterocycles. The molecule has 1 aromatic carbocycles. The molecule has 0 bridgehead atoms. The van der Waals surface area contributed by atoms with Crippen molar-refractivity contribution in [3.63, 3.8) is 0 Å². The third kappa shape index (κ3) is 2.85. The summed E-state index contributed by atoms with van der Waals surface area (Å²) in [5.74, 6) is 1.05. The van der Waals surface area contributed by atoms with Gasteiger partial charge in [0.05, 0.1) is 11.3 Å². The van der Waals surface area contributed by atoms with Crippen molar-refractivity contribution in [1.82, 2.24) is 4.39 Å². The van der Waals surface area contributed by atoms with E-state index in [0.717, 1.165) is 0 Å². The number of rotatable bonds is 2. The molecule has 4 rings (SSSR count). The van der Waals surface area contributed by atoms with Crippen LogP contribution in [0.3, 0.4) is 0 Å². The van der Waals surface area contributed by atoms with E-state index in [0.29, 0.717) is 16.2 Å².